The molecule has 2 saturated heterocycles. The Balaban J connectivity index is 0.000000196. The minimum absolute atomic E-state index is 0.169. The molecule has 4 heterocycles. The first kappa shape index (κ1) is 26.6. The molecule has 4 rings (SSSR count). The fourth-order valence-corrected chi connectivity index (χ4v) is 3.56. The molecule has 0 saturated carbocycles. The quantitative estimate of drug-likeness (QED) is 0.133. The number of nitrogen functional groups attached to an aromatic ring is 2. The van der Waals surface area contributed by atoms with Crippen LogP contribution >= 0.6 is 0 Å². The Morgan fingerprint density at radius 3 is 1.86 bits per heavy atom. The number of anilines is 2. The van der Waals surface area contributed by atoms with Crippen molar-refractivity contribution in [3.05, 3.63) is 45.5 Å². The molecule has 0 aliphatic carbocycles. The van der Waals surface area contributed by atoms with Crippen molar-refractivity contribution >= 4 is 11.6 Å². The summed E-state index contributed by atoms with van der Waals surface area (Å²) in [5.74, 6) is 10.6. The number of aliphatic hydroxyl groups is 5. The Labute approximate surface area is 197 Å². The zero-order valence-electron chi connectivity index (χ0n) is 18.3. The number of nitrogens with zero attached hydrogens (tertiary/aromatic N) is 4. The van der Waals surface area contributed by atoms with E-state index in [1.165, 1.54) is 29.1 Å². The van der Waals surface area contributed by atoms with Crippen LogP contribution in [-0.2, 0) is 9.47 Å². The highest BCUT2D eigenvalue weighted by Gasteiger charge is 2.43. The minimum Gasteiger partial charge on any atom is -0.394 e. The van der Waals surface area contributed by atoms with E-state index in [4.69, 9.17) is 31.4 Å². The molecule has 2 aliphatic rings. The molecule has 35 heavy (non-hydrogen) atoms. The van der Waals surface area contributed by atoms with E-state index in [9.17, 15) is 24.9 Å². The summed E-state index contributed by atoms with van der Waals surface area (Å²) in [4.78, 5) is 30.5. The standard InChI is InChI=1S/C9H14N4O5.C9H14N4O4/c10-12-5-1-2-13(9(17)11-5)8-7(16)6(15)4(3-14)18-8;10-12-7-1-2-13(9(16)11-7)8-3-5(15)6(4-14)17-8/h1-2,4,6-8,14-16H,3,10H2,(H,11,12,17);1-2,5-6,8,14-15H,3-4,10H2,(H,11,12,16)/t4-,6?,7+,8-;5?,6-,8-/m11/s1. The van der Waals surface area contributed by atoms with E-state index in [1.807, 2.05) is 0 Å². The molecule has 2 unspecified atom stereocenters. The van der Waals surface area contributed by atoms with Gasteiger partial charge in [-0.05, 0) is 12.1 Å². The number of nitrogens with two attached hydrogens (primary N) is 2. The average molecular weight is 500 g/mol. The molecule has 0 amide bonds. The average Bonchev–Trinajstić information content (AvgIpc) is 3.37. The second kappa shape index (κ2) is 11.6. The topological polar surface area (TPSA) is 265 Å². The zero-order chi connectivity index (χ0) is 25.7. The van der Waals surface area contributed by atoms with Gasteiger partial charge in [-0.25, -0.2) is 21.3 Å². The Kier molecular flexibility index (Phi) is 8.83. The summed E-state index contributed by atoms with van der Waals surface area (Å²) in [5.41, 5.74) is 3.24. The lowest BCUT2D eigenvalue weighted by molar-refractivity contribution is -0.0549. The lowest BCUT2D eigenvalue weighted by atomic mass is 10.1. The number of nitrogens with one attached hydrogen (secondary N) is 2. The van der Waals surface area contributed by atoms with Crippen LogP contribution in [0, 0.1) is 0 Å². The van der Waals surface area contributed by atoms with Crippen molar-refractivity contribution in [3.8, 4) is 0 Å². The van der Waals surface area contributed by atoms with Gasteiger partial charge in [0, 0.05) is 18.8 Å². The first-order chi connectivity index (χ1) is 16.7. The summed E-state index contributed by atoms with van der Waals surface area (Å²) in [5, 5.41) is 46.8. The van der Waals surface area contributed by atoms with Crippen molar-refractivity contribution in [3.63, 3.8) is 0 Å². The first-order valence-corrected chi connectivity index (χ1v) is 10.4. The zero-order valence-corrected chi connectivity index (χ0v) is 18.3. The lowest BCUT2D eigenvalue weighted by Crippen LogP contribution is -2.36. The Morgan fingerprint density at radius 2 is 1.43 bits per heavy atom. The van der Waals surface area contributed by atoms with E-state index < -0.39 is 61.0 Å². The highest BCUT2D eigenvalue weighted by atomic mass is 16.6. The maximum absolute atomic E-state index is 11.7. The molecule has 0 bridgehead atoms. The third-order valence-electron chi connectivity index (χ3n) is 5.44. The van der Waals surface area contributed by atoms with Crippen LogP contribution in [0.2, 0.25) is 0 Å². The van der Waals surface area contributed by atoms with Gasteiger partial charge in [-0.3, -0.25) is 9.13 Å². The molecule has 0 aromatic carbocycles. The van der Waals surface area contributed by atoms with E-state index in [2.05, 4.69) is 20.8 Å². The Hall–Kier alpha value is -3.00. The fraction of sp³-hybridized carbons (Fsp3) is 0.556. The lowest BCUT2D eigenvalue weighted by Gasteiger charge is -2.17. The first-order valence-electron chi connectivity index (χ1n) is 10.4. The molecule has 0 radical (unpaired) electrons. The largest absolute Gasteiger partial charge is 0.394 e. The third kappa shape index (κ3) is 5.81. The van der Waals surface area contributed by atoms with Crippen LogP contribution in [-0.4, -0.2) is 88.4 Å². The summed E-state index contributed by atoms with van der Waals surface area (Å²) in [6.45, 7) is -0.748. The monoisotopic (exact) mass is 500 g/mol. The van der Waals surface area contributed by atoms with Crippen molar-refractivity contribution in [2.75, 3.05) is 24.1 Å². The van der Waals surface area contributed by atoms with Crippen LogP contribution in [0.5, 0.6) is 0 Å². The molecule has 0 spiro atoms. The summed E-state index contributed by atoms with van der Waals surface area (Å²) in [6, 6.07) is 2.93. The number of aliphatic hydroxyl groups excluding tert-OH is 5. The van der Waals surface area contributed by atoms with Crippen LogP contribution in [0.15, 0.2) is 34.1 Å². The van der Waals surface area contributed by atoms with Gasteiger partial charge in [0.25, 0.3) is 0 Å². The summed E-state index contributed by atoms with van der Waals surface area (Å²) in [6.07, 6.45) is -3.66. The molecular weight excluding hydrogens is 472 g/mol. The van der Waals surface area contributed by atoms with E-state index in [-0.39, 0.29) is 24.7 Å². The van der Waals surface area contributed by atoms with Gasteiger partial charge >= 0.3 is 11.4 Å². The summed E-state index contributed by atoms with van der Waals surface area (Å²) < 4.78 is 12.8. The molecular formula is C18H28N8O9. The maximum Gasteiger partial charge on any atom is 0.351 e. The van der Waals surface area contributed by atoms with Gasteiger partial charge in [0.1, 0.15) is 42.3 Å². The maximum atomic E-state index is 11.7. The third-order valence-corrected chi connectivity index (χ3v) is 5.44. The number of aromatic nitrogens is 4. The van der Waals surface area contributed by atoms with Crippen molar-refractivity contribution in [2.24, 2.45) is 11.7 Å². The van der Waals surface area contributed by atoms with Crippen LogP contribution in [0.4, 0.5) is 11.6 Å². The highest BCUT2D eigenvalue weighted by Crippen LogP contribution is 2.28. The summed E-state index contributed by atoms with van der Waals surface area (Å²) in [7, 11) is 0. The molecule has 7 atom stereocenters. The molecule has 11 N–H and O–H groups in total. The Morgan fingerprint density at radius 1 is 0.886 bits per heavy atom. The molecule has 17 nitrogen and oxygen atoms in total. The number of hydrogen-bond acceptors (Lipinski definition) is 15. The van der Waals surface area contributed by atoms with Gasteiger partial charge in [-0.1, -0.05) is 0 Å². The van der Waals surface area contributed by atoms with Crippen molar-refractivity contribution in [2.45, 2.75) is 49.4 Å². The molecule has 2 fully saturated rings. The normalized spacial score (nSPS) is 30.0. The van der Waals surface area contributed by atoms with E-state index in [1.54, 1.807) is 0 Å². The Bertz CT molecular complexity index is 1100. The predicted molar refractivity (Wildman–Crippen MR) is 117 cm³/mol. The number of hydrogen-bond donors (Lipinski definition) is 9. The van der Waals surface area contributed by atoms with Gasteiger partial charge in [-0.2, -0.15) is 9.97 Å². The molecule has 2 aromatic heterocycles. The summed E-state index contributed by atoms with van der Waals surface area (Å²) >= 11 is 0. The van der Waals surface area contributed by atoms with Crippen molar-refractivity contribution in [1.29, 1.82) is 0 Å². The number of hydrazine groups is 2. The van der Waals surface area contributed by atoms with Crippen molar-refractivity contribution in [1.82, 2.24) is 19.1 Å². The highest BCUT2D eigenvalue weighted by molar-refractivity contribution is 5.30. The molecule has 194 valence electrons. The number of ether oxygens (including phenoxy) is 2. The molecule has 2 aromatic rings. The van der Waals surface area contributed by atoms with Gasteiger partial charge < -0.3 is 45.9 Å². The van der Waals surface area contributed by atoms with Crippen LogP contribution in [0.3, 0.4) is 0 Å². The fourth-order valence-electron chi connectivity index (χ4n) is 3.56. The predicted octanol–water partition coefficient (Wildman–Crippen LogP) is -4.69. The van der Waals surface area contributed by atoms with E-state index in [0.29, 0.717) is 0 Å². The number of rotatable bonds is 6. The van der Waals surface area contributed by atoms with E-state index >= 15 is 0 Å². The van der Waals surface area contributed by atoms with Crippen LogP contribution in [0.1, 0.15) is 18.9 Å². The second-order valence-corrected chi connectivity index (χ2v) is 7.64. The van der Waals surface area contributed by atoms with Crippen LogP contribution in [0.25, 0.3) is 0 Å². The second-order valence-electron chi connectivity index (χ2n) is 7.64. The molecule has 17 heteroatoms. The van der Waals surface area contributed by atoms with Crippen molar-refractivity contribution < 1.29 is 35.0 Å². The SMILES string of the molecule is NNc1ccn([C@@H]2O[C@H](CO)C(O)[C@@H]2O)c(=O)n1.NNc1ccn([C@H]2CC(O)[C@@H](CO)O2)c(=O)n1. The van der Waals surface area contributed by atoms with E-state index in [0.717, 1.165) is 4.57 Å². The van der Waals surface area contributed by atoms with Gasteiger partial charge in [0.2, 0.25) is 0 Å². The molecule has 2 aliphatic heterocycles. The minimum atomic E-state index is -1.32. The smallest absolute Gasteiger partial charge is 0.351 e. The van der Waals surface area contributed by atoms with Crippen LogP contribution < -0.4 is 33.9 Å². The van der Waals surface area contributed by atoms with Gasteiger partial charge in [0.05, 0.1) is 19.3 Å². The van der Waals surface area contributed by atoms with Gasteiger partial charge in [-0.15, -0.1) is 0 Å². The van der Waals surface area contributed by atoms with Gasteiger partial charge in [0.15, 0.2) is 6.23 Å².